The Morgan fingerprint density at radius 3 is 1.97 bits per heavy atom. The number of benzene rings is 2. The Bertz CT molecular complexity index is 2400. The number of nitrogens with zero attached hydrogens (tertiary/aromatic N) is 2. The van der Waals surface area contributed by atoms with Crippen molar-refractivity contribution in [2.45, 2.75) is 113 Å². The van der Waals surface area contributed by atoms with Crippen molar-refractivity contribution < 1.29 is 57.8 Å². The van der Waals surface area contributed by atoms with Crippen molar-refractivity contribution in [3.63, 3.8) is 0 Å². The van der Waals surface area contributed by atoms with E-state index in [0.717, 1.165) is 21.6 Å². The number of aliphatic imine (C=N–C) groups is 1. The minimum absolute atomic E-state index is 0.0329. The zero-order chi connectivity index (χ0) is 55.0. The second kappa shape index (κ2) is 30.5. The SMILES string of the molecule is NC(=O)CCC1NC(=O)C(Cc2ccccc2)NC(=O)C(Cc2ccc(O)cc2)NC(=O)CCSSCC(C(=O)N2CCCC2C(=O)NC(CCCCN=C(N)N)C(=O)NCC(N)=O)NC(=O)C(CC(N)=O)NC1=O. The maximum Gasteiger partial charge on any atom is 0.246 e. The molecule has 7 unspecified atom stereocenters. The lowest BCUT2D eigenvalue weighted by Crippen LogP contribution is -2.61. The van der Waals surface area contributed by atoms with Crippen molar-refractivity contribution in [1.82, 2.24) is 42.1 Å². The van der Waals surface area contributed by atoms with Gasteiger partial charge in [-0.3, -0.25) is 57.7 Å². The molecular formula is C47H66N14O12S2. The largest absolute Gasteiger partial charge is 0.508 e. The Labute approximate surface area is 440 Å². The minimum atomic E-state index is -1.77. The Morgan fingerprint density at radius 2 is 1.33 bits per heavy atom. The first kappa shape index (κ1) is 59.9. The van der Waals surface area contributed by atoms with E-state index in [1.165, 1.54) is 17.0 Å². The van der Waals surface area contributed by atoms with Crippen LogP contribution >= 0.6 is 21.6 Å². The van der Waals surface area contributed by atoms with Crippen LogP contribution in [0.1, 0.15) is 68.9 Å². The van der Waals surface area contributed by atoms with E-state index in [1.807, 2.05) is 0 Å². The Balaban J connectivity index is 1.68. The number of amides is 11. The van der Waals surface area contributed by atoms with Crippen LogP contribution in [-0.2, 0) is 65.6 Å². The topological polar surface area (TPSA) is 438 Å². The predicted molar refractivity (Wildman–Crippen MR) is 277 cm³/mol. The fraction of sp³-hybridized carbons (Fsp3) is 0.489. The maximum atomic E-state index is 14.6. The van der Waals surface area contributed by atoms with E-state index in [9.17, 15) is 57.8 Å². The van der Waals surface area contributed by atoms with Gasteiger partial charge in [0.2, 0.25) is 65.0 Å². The van der Waals surface area contributed by atoms with Crippen LogP contribution < -0.4 is 65.9 Å². The van der Waals surface area contributed by atoms with E-state index >= 15 is 0 Å². The summed E-state index contributed by atoms with van der Waals surface area (Å²) in [7, 11) is 2.20. The third-order valence-electron chi connectivity index (χ3n) is 11.7. The number of primary amides is 3. The van der Waals surface area contributed by atoms with Crippen LogP contribution in [0, 0.1) is 0 Å². The second-order valence-electron chi connectivity index (χ2n) is 17.7. The van der Waals surface area contributed by atoms with Gasteiger partial charge in [-0.1, -0.05) is 64.1 Å². The van der Waals surface area contributed by atoms with Gasteiger partial charge in [-0.05, 0) is 61.8 Å². The summed E-state index contributed by atoms with van der Waals surface area (Å²) in [6.07, 6.45) is -0.671. The number of phenols is 1. The van der Waals surface area contributed by atoms with Crippen molar-refractivity contribution in [2.24, 2.45) is 33.7 Å². The lowest BCUT2D eigenvalue weighted by Gasteiger charge is -2.31. The maximum absolute atomic E-state index is 14.6. The lowest BCUT2D eigenvalue weighted by atomic mass is 10.0. The Hall–Kier alpha value is -7.62. The molecule has 7 atom stereocenters. The van der Waals surface area contributed by atoms with E-state index in [2.05, 4.69) is 42.2 Å². The van der Waals surface area contributed by atoms with Gasteiger partial charge in [-0.25, -0.2) is 0 Å². The standard InChI is InChI=1S/C47H66N14O12S2/c48-36(63)16-15-30-41(68)59-33(23-37(49)64)44(71)60-34(46(73)61-19-6-10-35(61)45(72)57-29(40(67)54-24-38(50)65)9-4-5-18-53-47(51)52)25-75-74-20-17-39(66)55-31(22-27-11-13-28(62)14-12-27)42(69)58-32(43(70)56-30)21-26-7-2-1-3-8-26/h1-3,7-8,11-14,29-35,62H,4-6,9-10,15-25H2,(H2,48,63)(H2,49,64)(H2,50,65)(H,54,67)(H,55,66)(H,56,70)(H,57,72)(H,58,69)(H,59,68)(H,60,71)(H4,51,52,53). The summed E-state index contributed by atoms with van der Waals surface area (Å²) in [5.74, 6) is -9.59. The zero-order valence-electron chi connectivity index (χ0n) is 41.1. The third-order valence-corrected chi connectivity index (χ3v) is 14.2. The highest BCUT2D eigenvalue weighted by molar-refractivity contribution is 8.76. The number of rotatable bonds is 20. The molecule has 0 bridgehead atoms. The Kier molecular flexibility index (Phi) is 24.4. The van der Waals surface area contributed by atoms with Gasteiger partial charge in [0.05, 0.1) is 13.0 Å². The first-order valence-corrected chi connectivity index (χ1v) is 26.5. The van der Waals surface area contributed by atoms with Crippen LogP contribution in [0.15, 0.2) is 59.6 Å². The van der Waals surface area contributed by atoms with Gasteiger partial charge in [-0.2, -0.15) is 0 Å². The number of nitrogens with one attached hydrogen (secondary N) is 7. The average Bonchev–Trinajstić information content (AvgIpc) is 3.86. The zero-order valence-corrected chi connectivity index (χ0v) is 42.7. The highest BCUT2D eigenvalue weighted by atomic mass is 33.1. The molecule has 2 saturated heterocycles. The summed E-state index contributed by atoms with van der Waals surface area (Å²) < 4.78 is 0. The van der Waals surface area contributed by atoms with Gasteiger partial charge in [0.15, 0.2) is 5.96 Å². The van der Waals surface area contributed by atoms with Crippen LogP contribution in [0.4, 0.5) is 0 Å². The number of guanidine groups is 1. The fourth-order valence-corrected chi connectivity index (χ4v) is 10.1. The Morgan fingerprint density at radius 1 is 0.720 bits per heavy atom. The molecule has 28 heteroatoms. The number of carbonyl (C=O) groups is 11. The van der Waals surface area contributed by atoms with Crippen LogP contribution in [-0.4, -0.2) is 154 Å². The molecule has 26 nitrogen and oxygen atoms in total. The molecule has 2 fully saturated rings. The van der Waals surface area contributed by atoms with Crippen molar-refractivity contribution in [2.75, 3.05) is 31.1 Å². The number of aromatic hydroxyl groups is 1. The molecule has 2 aromatic rings. The predicted octanol–water partition coefficient (Wildman–Crippen LogP) is -3.95. The van der Waals surface area contributed by atoms with Gasteiger partial charge >= 0.3 is 0 Å². The van der Waals surface area contributed by atoms with Gasteiger partial charge in [0.1, 0.15) is 48.0 Å². The smallest absolute Gasteiger partial charge is 0.246 e. The molecule has 2 heterocycles. The summed E-state index contributed by atoms with van der Waals surface area (Å²) >= 11 is 0. The van der Waals surface area contributed by atoms with Crippen LogP contribution in [0.2, 0.25) is 0 Å². The van der Waals surface area contributed by atoms with Gasteiger partial charge < -0.3 is 75.9 Å². The van der Waals surface area contributed by atoms with E-state index in [4.69, 9.17) is 28.7 Å². The summed E-state index contributed by atoms with van der Waals surface area (Å²) in [4.78, 5) is 153. The molecule has 2 aliphatic heterocycles. The molecule has 11 amide bonds. The first-order valence-electron chi connectivity index (χ1n) is 24.1. The average molecular weight is 1080 g/mol. The molecule has 0 aliphatic carbocycles. The van der Waals surface area contributed by atoms with Gasteiger partial charge in [0.25, 0.3) is 0 Å². The number of unbranched alkanes of at least 4 members (excludes halogenated alkanes) is 1. The highest BCUT2D eigenvalue weighted by Crippen LogP contribution is 2.26. The van der Waals surface area contributed by atoms with Crippen LogP contribution in [0.3, 0.4) is 0 Å². The molecular weight excluding hydrogens is 1020 g/mol. The molecule has 0 saturated carbocycles. The second-order valence-corrected chi connectivity index (χ2v) is 20.3. The third kappa shape index (κ3) is 21.0. The van der Waals surface area contributed by atoms with E-state index < -0.39 is 133 Å². The van der Waals surface area contributed by atoms with Crippen LogP contribution in [0.25, 0.3) is 0 Å². The number of hydrogen-bond acceptors (Lipinski definition) is 15. The summed E-state index contributed by atoms with van der Waals surface area (Å²) in [5, 5.41) is 27.9. The van der Waals surface area contributed by atoms with Crippen molar-refractivity contribution in [1.29, 1.82) is 0 Å². The van der Waals surface area contributed by atoms with Gasteiger partial charge in [-0.15, -0.1) is 0 Å². The highest BCUT2D eigenvalue weighted by Gasteiger charge is 2.40. The number of phenolic OH excluding ortho intramolecular Hbond substituents is 1. The molecule has 2 aliphatic rings. The number of likely N-dealkylation sites (tertiary alicyclic amines) is 1. The van der Waals surface area contributed by atoms with E-state index in [1.54, 1.807) is 42.5 Å². The van der Waals surface area contributed by atoms with Crippen molar-refractivity contribution >= 4 is 92.5 Å². The molecule has 408 valence electrons. The molecule has 0 aromatic heterocycles. The monoisotopic (exact) mass is 1080 g/mol. The molecule has 18 N–H and O–H groups in total. The number of hydrogen-bond donors (Lipinski definition) is 13. The fourth-order valence-electron chi connectivity index (χ4n) is 7.95. The minimum Gasteiger partial charge on any atom is -0.508 e. The first-order chi connectivity index (χ1) is 35.7. The molecule has 0 radical (unpaired) electrons. The van der Waals surface area contributed by atoms with E-state index in [0.29, 0.717) is 30.4 Å². The molecule has 75 heavy (non-hydrogen) atoms. The number of carbonyl (C=O) groups excluding carboxylic acids is 11. The quantitative estimate of drug-likeness (QED) is 0.0261. The summed E-state index contributed by atoms with van der Waals surface area (Å²) in [6.45, 7) is -0.241. The van der Waals surface area contributed by atoms with E-state index in [-0.39, 0.29) is 68.4 Å². The summed E-state index contributed by atoms with van der Waals surface area (Å²) in [5.41, 5.74) is 28.1. The van der Waals surface area contributed by atoms with Crippen molar-refractivity contribution in [3.05, 3.63) is 65.7 Å². The lowest BCUT2D eigenvalue weighted by molar-refractivity contribution is -0.142. The number of nitrogens with two attached hydrogens (primary N) is 5. The molecule has 0 spiro atoms. The van der Waals surface area contributed by atoms with Crippen molar-refractivity contribution in [3.8, 4) is 5.75 Å². The molecule has 2 aromatic carbocycles. The normalized spacial score (nSPS) is 21.6. The molecule has 4 rings (SSSR count). The van der Waals surface area contributed by atoms with Gasteiger partial charge in [0, 0.05) is 50.3 Å². The summed E-state index contributed by atoms with van der Waals surface area (Å²) in [6, 6.07) is 4.60. The van der Waals surface area contributed by atoms with Crippen LogP contribution in [0.5, 0.6) is 5.75 Å².